The van der Waals surface area contributed by atoms with Gasteiger partial charge in [0, 0.05) is 0 Å². The highest BCUT2D eigenvalue weighted by Crippen LogP contribution is 2.19. The van der Waals surface area contributed by atoms with Crippen LogP contribution in [0.3, 0.4) is 0 Å². The van der Waals surface area contributed by atoms with Crippen LogP contribution in [-0.2, 0) is 8.23 Å². The van der Waals surface area contributed by atoms with Crippen LogP contribution in [0.5, 0.6) is 0 Å². The zero-order chi connectivity index (χ0) is 11.6. The summed E-state index contributed by atoms with van der Waals surface area (Å²) in [6, 6.07) is 0. The predicted octanol–water partition coefficient (Wildman–Crippen LogP) is 2.35. The highest BCUT2D eigenvalue weighted by Gasteiger charge is 2.39. The van der Waals surface area contributed by atoms with Gasteiger partial charge < -0.3 is 13.0 Å². The quantitative estimate of drug-likeness (QED) is 0.761. The van der Waals surface area contributed by atoms with Gasteiger partial charge in [-0.2, -0.15) is 0 Å². The number of hydrogen-bond acceptors (Lipinski definition) is 3. The largest absolute Gasteiger partial charge is 0.434 e. The van der Waals surface area contributed by atoms with Crippen molar-refractivity contribution in [3.8, 4) is 0 Å². The molecule has 0 saturated carbocycles. The van der Waals surface area contributed by atoms with Gasteiger partial charge in [-0.1, -0.05) is 5.70 Å². The zero-order valence-corrected chi connectivity index (χ0v) is 13.0. The van der Waals surface area contributed by atoms with Crippen LogP contribution in [0.1, 0.15) is 0 Å². The molecule has 0 aromatic rings. The van der Waals surface area contributed by atoms with Crippen LogP contribution in [0.25, 0.3) is 0 Å². The maximum Gasteiger partial charge on any atom is 0.342 e. The molecule has 1 unspecified atom stereocenters. The molecule has 0 fully saturated rings. The topological polar surface area (TPSA) is 38.7 Å². The molecule has 6 heteroatoms. The van der Waals surface area contributed by atoms with Crippen molar-refractivity contribution in [1.82, 2.24) is 0 Å². The van der Waals surface area contributed by atoms with Gasteiger partial charge in [0.25, 0.3) is 0 Å². The molecule has 0 aliphatic carbocycles. The molecule has 0 aliphatic heterocycles. The second kappa shape index (κ2) is 4.42. The Morgan fingerprint density at radius 1 is 1.00 bits per heavy atom. The molecule has 0 aliphatic rings. The first-order valence-corrected chi connectivity index (χ1v) is 13.4. The second-order valence-electron chi connectivity index (χ2n) is 4.98. The Kier molecular flexibility index (Phi) is 4.50. The predicted molar refractivity (Wildman–Crippen MR) is 67.0 cm³/mol. The van der Waals surface area contributed by atoms with Crippen LogP contribution in [0.15, 0.2) is 12.3 Å². The molecule has 1 atom stereocenters. The van der Waals surface area contributed by atoms with Gasteiger partial charge in [-0.3, -0.25) is 0 Å². The highest BCUT2D eigenvalue weighted by molar-refractivity contribution is 6.88. The van der Waals surface area contributed by atoms with E-state index in [0.717, 1.165) is 0 Å². The number of rotatable bonds is 5. The van der Waals surface area contributed by atoms with Gasteiger partial charge in [-0.15, -0.1) is 6.58 Å². The molecule has 0 amide bonds. The van der Waals surface area contributed by atoms with Crippen molar-refractivity contribution >= 4 is 25.4 Å². The first-order chi connectivity index (χ1) is 5.97. The molecule has 0 heterocycles. The van der Waals surface area contributed by atoms with Crippen molar-refractivity contribution in [2.75, 3.05) is 0 Å². The van der Waals surface area contributed by atoms with Gasteiger partial charge in [0.2, 0.25) is 0 Å². The van der Waals surface area contributed by atoms with E-state index in [-0.39, 0.29) is 0 Å². The third-order valence-electron chi connectivity index (χ3n) is 1.33. The Morgan fingerprint density at radius 2 is 1.43 bits per heavy atom. The Balaban J connectivity index is 4.57. The standard InChI is InChI=1S/C8H22O3Si3/c1-8-14(7,10-12(2,3)4)11-13(5,6)9/h8-9H,1H2,2-7H3. The molecule has 1 N–H and O–H groups in total. The van der Waals surface area contributed by atoms with E-state index in [0.29, 0.717) is 0 Å². The molecule has 0 spiro atoms. The SMILES string of the molecule is C=C[Si](C)(O[Si](C)(C)C)O[Si](C)(C)O. The summed E-state index contributed by atoms with van der Waals surface area (Å²) in [7, 11) is -6.52. The van der Waals surface area contributed by atoms with Crippen molar-refractivity contribution in [1.29, 1.82) is 0 Å². The van der Waals surface area contributed by atoms with Gasteiger partial charge in [0.05, 0.1) is 0 Å². The molecule has 14 heavy (non-hydrogen) atoms. The van der Waals surface area contributed by atoms with E-state index in [9.17, 15) is 4.80 Å². The summed E-state index contributed by atoms with van der Waals surface area (Å²) >= 11 is 0. The lowest BCUT2D eigenvalue weighted by molar-refractivity contribution is 0.331. The minimum absolute atomic E-state index is 1.64. The first kappa shape index (κ1) is 14.3. The third kappa shape index (κ3) is 6.68. The van der Waals surface area contributed by atoms with Crippen LogP contribution < -0.4 is 0 Å². The van der Waals surface area contributed by atoms with E-state index < -0.39 is 25.4 Å². The maximum absolute atomic E-state index is 9.72. The van der Waals surface area contributed by atoms with E-state index in [4.69, 9.17) is 8.23 Å². The first-order valence-electron chi connectivity index (χ1n) is 4.74. The molecule has 3 nitrogen and oxygen atoms in total. The van der Waals surface area contributed by atoms with Crippen molar-refractivity contribution in [2.24, 2.45) is 0 Å². The van der Waals surface area contributed by atoms with E-state index >= 15 is 0 Å². The summed E-state index contributed by atoms with van der Waals surface area (Å²) in [4.78, 5) is 9.72. The van der Waals surface area contributed by atoms with E-state index in [1.54, 1.807) is 18.8 Å². The van der Waals surface area contributed by atoms with Crippen LogP contribution in [-0.4, -0.2) is 30.2 Å². The Labute approximate surface area is 90.4 Å². The maximum atomic E-state index is 9.72. The minimum atomic E-state index is -2.53. The Morgan fingerprint density at radius 3 is 1.64 bits per heavy atom. The molecule has 0 radical (unpaired) electrons. The fraction of sp³-hybridized carbons (Fsp3) is 0.750. The monoisotopic (exact) mass is 250 g/mol. The Bertz CT molecular complexity index is 189. The molecular weight excluding hydrogens is 228 g/mol. The lowest BCUT2D eigenvalue weighted by atomic mass is 11.3. The lowest BCUT2D eigenvalue weighted by Gasteiger charge is -2.35. The fourth-order valence-corrected chi connectivity index (χ4v) is 11.2. The lowest BCUT2D eigenvalue weighted by Crippen LogP contribution is -2.52. The van der Waals surface area contributed by atoms with Gasteiger partial charge in [0.15, 0.2) is 8.32 Å². The van der Waals surface area contributed by atoms with Gasteiger partial charge in [0.1, 0.15) is 0 Å². The van der Waals surface area contributed by atoms with Crippen molar-refractivity contribution < 1.29 is 13.0 Å². The van der Waals surface area contributed by atoms with Crippen molar-refractivity contribution in [3.63, 3.8) is 0 Å². The Hall–Kier alpha value is 0.271. The highest BCUT2D eigenvalue weighted by atomic mass is 28.5. The molecule has 0 bridgehead atoms. The zero-order valence-electron chi connectivity index (χ0n) is 10.0. The van der Waals surface area contributed by atoms with Gasteiger partial charge >= 0.3 is 17.1 Å². The smallest absolute Gasteiger partial charge is 0.342 e. The van der Waals surface area contributed by atoms with Gasteiger partial charge in [-0.05, 0) is 39.3 Å². The van der Waals surface area contributed by atoms with Crippen LogP contribution in [0.2, 0.25) is 39.3 Å². The van der Waals surface area contributed by atoms with Crippen LogP contribution in [0.4, 0.5) is 0 Å². The average Bonchev–Trinajstić information content (AvgIpc) is 1.78. The molecule has 0 aromatic heterocycles. The summed E-state index contributed by atoms with van der Waals surface area (Å²) < 4.78 is 11.6. The molecule has 0 saturated heterocycles. The van der Waals surface area contributed by atoms with E-state index in [2.05, 4.69) is 26.2 Å². The summed E-state index contributed by atoms with van der Waals surface area (Å²) in [5.41, 5.74) is 1.75. The average molecular weight is 251 g/mol. The van der Waals surface area contributed by atoms with E-state index in [1.165, 1.54) is 0 Å². The van der Waals surface area contributed by atoms with E-state index in [1.807, 2.05) is 6.55 Å². The van der Waals surface area contributed by atoms with Crippen LogP contribution >= 0.6 is 0 Å². The minimum Gasteiger partial charge on any atom is -0.434 e. The molecular formula is C8H22O3Si3. The fourth-order valence-electron chi connectivity index (χ4n) is 1.21. The van der Waals surface area contributed by atoms with Crippen molar-refractivity contribution in [3.05, 3.63) is 12.3 Å². The van der Waals surface area contributed by atoms with Gasteiger partial charge in [-0.25, -0.2) is 0 Å². The third-order valence-corrected chi connectivity index (χ3v) is 9.76. The number of hydrogen-bond donors (Lipinski definition) is 1. The summed E-state index contributed by atoms with van der Waals surface area (Å²) in [6.07, 6.45) is 0. The summed E-state index contributed by atoms with van der Waals surface area (Å²) in [5, 5.41) is 0. The summed E-state index contributed by atoms with van der Waals surface area (Å²) in [5.74, 6) is 0. The molecule has 0 aromatic carbocycles. The van der Waals surface area contributed by atoms with Crippen LogP contribution in [0, 0.1) is 0 Å². The summed E-state index contributed by atoms with van der Waals surface area (Å²) in [6.45, 7) is 15.5. The molecule has 0 rings (SSSR count). The molecule has 84 valence electrons. The second-order valence-corrected chi connectivity index (χ2v) is 16.2. The van der Waals surface area contributed by atoms with Crippen molar-refractivity contribution in [2.45, 2.75) is 39.3 Å². The normalized spacial score (nSPS) is 17.6.